The normalized spacial score (nSPS) is 11.6. The summed E-state index contributed by atoms with van der Waals surface area (Å²) in [6.45, 7) is 6.67. The molecular weight excluding hydrogens is 378 g/mol. The minimum atomic E-state index is 0.121. The van der Waals surface area contributed by atoms with E-state index in [1.165, 1.54) is 5.56 Å². The number of hydrogen-bond acceptors (Lipinski definition) is 3. The molecule has 0 atom stereocenters. The molecule has 0 N–H and O–H groups in total. The molecule has 0 amide bonds. The van der Waals surface area contributed by atoms with Crippen molar-refractivity contribution in [2.75, 3.05) is 11.9 Å². The van der Waals surface area contributed by atoms with Crippen LogP contribution in [0, 0.1) is 0 Å². The van der Waals surface area contributed by atoms with Gasteiger partial charge in [-0.05, 0) is 47.4 Å². The van der Waals surface area contributed by atoms with Gasteiger partial charge in [0.05, 0.1) is 10.5 Å². The van der Waals surface area contributed by atoms with Crippen LogP contribution < -0.4 is 4.90 Å². The minimum absolute atomic E-state index is 0.121. The molecule has 0 bridgehead atoms. The number of hydrogen-bond donors (Lipinski definition) is 0. The second-order valence-corrected chi connectivity index (χ2v) is 8.63. The average Bonchev–Trinajstić information content (AvgIpc) is 2.72. The zero-order valence-corrected chi connectivity index (χ0v) is 17.9. The Morgan fingerprint density at radius 2 is 1.45 bits per heavy atom. The maximum Gasteiger partial charge on any atom is 0.163 e. The van der Waals surface area contributed by atoms with Crippen molar-refractivity contribution in [3.8, 4) is 11.4 Å². The van der Waals surface area contributed by atoms with Crippen LogP contribution in [0.25, 0.3) is 22.3 Å². The van der Waals surface area contributed by atoms with Crippen molar-refractivity contribution >= 4 is 34.0 Å². The predicted octanol–water partition coefficient (Wildman–Crippen LogP) is 7.02. The van der Waals surface area contributed by atoms with Crippen molar-refractivity contribution in [3.63, 3.8) is 0 Å². The van der Waals surface area contributed by atoms with Crippen molar-refractivity contribution < 1.29 is 0 Å². The van der Waals surface area contributed by atoms with E-state index in [0.29, 0.717) is 10.8 Å². The lowest BCUT2D eigenvalue weighted by atomic mass is 9.87. The first-order chi connectivity index (χ1) is 13.8. The fraction of sp³-hybridized carbons (Fsp3) is 0.200. The zero-order chi connectivity index (χ0) is 20.6. The lowest BCUT2D eigenvalue weighted by molar-refractivity contribution is 0.590. The Hall–Kier alpha value is -2.91. The highest BCUT2D eigenvalue weighted by atomic mass is 35.5. The third-order valence-electron chi connectivity index (χ3n) is 5.14. The summed E-state index contributed by atoms with van der Waals surface area (Å²) in [4.78, 5) is 11.8. The van der Waals surface area contributed by atoms with Crippen LogP contribution in [0.3, 0.4) is 0 Å². The van der Waals surface area contributed by atoms with E-state index >= 15 is 0 Å². The Bertz CT molecular complexity index is 1160. The first-order valence-electron chi connectivity index (χ1n) is 9.70. The summed E-state index contributed by atoms with van der Waals surface area (Å²) in [7, 11) is 2.04. The molecule has 0 aliphatic heterocycles. The minimum Gasteiger partial charge on any atom is -0.329 e. The smallest absolute Gasteiger partial charge is 0.163 e. The first kappa shape index (κ1) is 19.4. The Morgan fingerprint density at radius 1 is 0.793 bits per heavy atom. The number of rotatable bonds is 3. The molecule has 3 aromatic carbocycles. The first-order valence-corrected chi connectivity index (χ1v) is 10.1. The van der Waals surface area contributed by atoms with E-state index in [0.717, 1.165) is 28.0 Å². The third-order valence-corrected chi connectivity index (χ3v) is 5.47. The molecule has 0 aliphatic carbocycles. The van der Waals surface area contributed by atoms with E-state index in [4.69, 9.17) is 21.6 Å². The van der Waals surface area contributed by atoms with Gasteiger partial charge in [0.25, 0.3) is 0 Å². The van der Waals surface area contributed by atoms with E-state index < -0.39 is 0 Å². The largest absolute Gasteiger partial charge is 0.329 e. The molecule has 0 fully saturated rings. The molecule has 0 aliphatic rings. The highest BCUT2D eigenvalue weighted by Crippen LogP contribution is 2.34. The van der Waals surface area contributed by atoms with Crippen molar-refractivity contribution in [2.24, 2.45) is 0 Å². The summed E-state index contributed by atoms with van der Waals surface area (Å²) >= 11 is 6.43. The molecule has 1 heterocycles. The van der Waals surface area contributed by atoms with Crippen LogP contribution in [0.1, 0.15) is 26.3 Å². The number of para-hydroxylation sites is 1. The van der Waals surface area contributed by atoms with Crippen LogP contribution in [0.4, 0.5) is 11.5 Å². The average molecular weight is 402 g/mol. The van der Waals surface area contributed by atoms with Crippen LogP contribution >= 0.6 is 11.6 Å². The number of fused-ring (bicyclic) bond motifs is 1. The van der Waals surface area contributed by atoms with Crippen LogP contribution in [-0.2, 0) is 5.41 Å². The number of benzene rings is 3. The van der Waals surface area contributed by atoms with Gasteiger partial charge in [-0.15, -0.1) is 0 Å². The monoisotopic (exact) mass is 401 g/mol. The summed E-state index contributed by atoms with van der Waals surface area (Å²) in [6.07, 6.45) is 0. The van der Waals surface area contributed by atoms with Gasteiger partial charge in [0.1, 0.15) is 5.82 Å². The SMILES string of the molecule is CN(c1ccc(C(C)(C)C)cc1)c1nc(-c2ccccc2Cl)nc2ccccc12. The summed E-state index contributed by atoms with van der Waals surface area (Å²) in [5.41, 5.74) is 4.23. The van der Waals surface area contributed by atoms with Crippen LogP contribution in [-0.4, -0.2) is 17.0 Å². The van der Waals surface area contributed by atoms with Gasteiger partial charge in [-0.2, -0.15) is 0 Å². The van der Waals surface area contributed by atoms with Crippen molar-refractivity contribution in [2.45, 2.75) is 26.2 Å². The summed E-state index contributed by atoms with van der Waals surface area (Å²) in [5, 5.41) is 1.65. The molecule has 1 aromatic heterocycles. The van der Waals surface area contributed by atoms with Gasteiger partial charge in [-0.25, -0.2) is 9.97 Å². The number of halogens is 1. The van der Waals surface area contributed by atoms with Gasteiger partial charge < -0.3 is 4.90 Å². The number of aromatic nitrogens is 2. The molecule has 0 spiro atoms. The second-order valence-electron chi connectivity index (χ2n) is 8.22. The molecule has 0 radical (unpaired) electrons. The van der Waals surface area contributed by atoms with Gasteiger partial charge in [0.2, 0.25) is 0 Å². The highest BCUT2D eigenvalue weighted by Gasteiger charge is 2.17. The molecule has 4 rings (SSSR count). The Balaban J connectivity index is 1.85. The maximum absolute atomic E-state index is 6.43. The predicted molar refractivity (Wildman–Crippen MR) is 123 cm³/mol. The third kappa shape index (κ3) is 3.83. The molecule has 0 saturated heterocycles. The fourth-order valence-electron chi connectivity index (χ4n) is 3.39. The Labute approximate surface area is 177 Å². The van der Waals surface area contributed by atoms with E-state index in [2.05, 4.69) is 56.0 Å². The van der Waals surface area contributed by atoms with Gasteiger partial charge in [0, 0.05) is 23.7 Å². The van der Waals surface area contributed by atoms with Crippen molar-refractivity contribution in [1.29, 1.82) is 0 Å². The van der Waals surface area contributed by atoms with E-state index in [1.54, 1.807) is 0 Å². The van der Waals surface area contributed by atoms with Gasteiger partial charge in [0.15, 0.2) is 5.82 Å². The van der Waals surface area contributed by atoms with Gasteiger partial charge in [-0.1, -0.05) is 68.8 Å². The maximum atomic E-state index is 6.43. The molecule has 4 aromatic rings. The topological polar surface area (TPSA) is 29.0 Å². The van der Waals surface area contributed by atoms with Crippen LogP contribution in [0.15, 0.2) is 72.8 Å². The van der Waals surface area contributed by atoms with Crippen molar-refractivity contribution in [1.82, 2.24) is 9.97 Å². The molecule has 4 heteroatoms. The fourth-order valence-corrected chi connectivity index (χ4v) is 3.61. The van der Waals surface area contributed by atoms with Crippen LogP contribution in [0.5, 0.6) is 0 Å². The molecule has 0 unspecified atom stereocenters. The molecular formula is C25H24ClN3. The quantitative estimate of drug-likeness (QED) is 0.369. The van der Waals surface area contributed by atoms with Gasteiger partial charge >= 0.3 is 0 Å². The standard InChI is InChI=1S/C25H24ClN3/c1-25(2,3)17-13-15-18(16-14-17)29(4)24-20-10-6-8-12-22(20)27-23(28-24)19-9-5-7-11-21(19)26/h5-16H,1-4H3. The summed E-state index contributed by atoms with van der Waals surface area (Å²) in [5.74, 6) is 1.48. The molecule has 146 valence electrons. The summed E-state index contributed by atoms with van der Waals surface area (Å²) in [6, 6.07) is 24.4. The molecule has 3 nitrogen and oxygen atoms in total. The zero-order valence-electron chi connectivity index (χ0n) is 17.1. The molecule has 29 heavy (non-hydrogen) atoms. The van der Waals surface area contributed by atoms with Crippen LogP contribution in [0.2, 0.25) is 5.02 Å². The highest BCUT2D eigenvalue weighted by molar-refractivity contribution is 6.33. The van der Waals surface area contributed by atoms with E-state index in [-0.39, 0.29) is 5.41 Å². The van der Waals surface area contributed by atoms with E-state index in [9.17, 15) is 0 Å². The van der Waals surface area contributed by atoms with E-state index in [1.807, 2.05) is 49.5 Å². The lowest BCUT2D eigenvalue weighted by Gasteiger charge is -2.23. The Morgan fingerprint density at radius 3 is 2.14 bits per heavy atom. The number of anilines is 2. The second kappa shape index (κ2) is 7.49. The summed E-state index contributed by atoms with van der Waals surface area (Å²) < 4.78 is 0. The van der Waals surface area contributed by atoms with Crippen molar-refractivity contribution in [3.05, 3.63) is 83.4 Å². The molecule has 0 saturated carbocycles. The lowest BCUT2D eigenvalue weighted by Crippen LogP contribution is -2.14. The number of nitrogens with zero attached hydrogens (tertiary/aromatic N) is 3. The Kier molecular flexibility index (Phi) is 5.01. The van der Waals surface area contributed by atoms with Gasteiger partial charge in [-0.3, -0.25) is 0 Å².